The van der Waals surface area contributed by atoms with Crippen LogP contribution >= 0.6 is 11.6 Å². The standard InChI is InChI=1S/C16H14ClNO3/c17-13-6-3-4-11(8-13)9-15(19)18-14-7-2-1-5-12(14)10-16(20)21/h1-8H,9-10H2,(H,18,19)(H,20,21). The number of carbonyl (C=O) groups excluding carboxylic acids is 1. The zero-order valence-corrected chi connectivity index (χ0v) is 11.9. The molecule has 0 aliphatic heterocycles. The highest BCUT2D eigenvalue weighted by atomic mass is 35.5. The molecule has 0 aliphatic carbocycles. The highest BCUT2D eigenvalue weighted by molar-refractivity contribution is 6.30. The number of aliphatic carboxylic acids is 1. The Morgan fingerprint density at radius 1 is 1.05 bits per heavy atom. The molecule has 0 radical (unpaired) electrons. The van der Waals surface area contributed by atoms with Crippen molar-refractivity contribution in [2.24, 2.45) is 0 Å². The molecule has 4 nitrogen and oxygen atoms in total. The van der Waals surface area contributed by atoms with Gasteiger partial charge in [-0.25, -0.2) is 0 Å². The Bertz CT molecular complexity index is 670. The molecule has 1 amide bonds. The highest BCUT2D eigenvalue weighted by Gasteiger charge is 2.10. The maximum atomic E-state index is 12.0. The summed E-state index contributed by atoms with van der Waals surface area (Å²) in [5.74, 6) is -1.15. The maximum absolute atomic E-state index is 12.0. The Morgan fingerprint density at radius 2 is 1.81 bits per heavy atom. The van der Waals surface area contributed by atoms with Crippen molar-refractivity contribution in [3.05, 3.63) is 64.7 Å². The fourth-order valence-corrected chi connectivity index (χ4v) is 2.20. The number of rotatable bonds is 5. The van der Waals surface area contributed by atoms with Crippen LogP contribution in [-0.4, -0.2) is 17.0 Å². The van der Waals surface area contributed by atoms with Gasteiger partial charge >= 0.3 is 5.97 Å². The third-order valence-corrected chi connectivity index (χ3v) is 3.12. The summed E-state index contributed by atoms with van der Waals surface area (Å²) in [6.07, 6.45) is 0.0512. The van der Waals surface area contributed by atoms with E-state index in [2.05, 4.69) is 5.32 Å². The molecule has 0 aliphatic rings. The molecule has 0 unspecified atom stereocenters. The maximum Gasteiger partial charge on any atom is 0.307 e. The van der Waals surface area contributed by atoms with Crippen LogP contribution in [0.25, 0.3) is 0 Å². The van der Waals surface area contributed by atoms with Crippen LogP contribution in [0.1, 0.15) is 11.1 Å². The predicted molar refractivity (Wildman–Crippen MR) is 81.6 cm³/mol. The minimum atomic E-state index is -0.938. The minimum absolute atomic E-state index is 0.131. The molecule has 0 bridgehead atoms. The third kappa shape index (κ3) is 4.61. The first-order valence-corrected chi connectivity index (χ1v) is 6.76. The van der Waals surface area contributed by atoms with Gasteiger partial charge in [-0.15, -0.1) is 0 Å². The molecular weight excluding hydrogens is 290 g/mol. The number of nitrogens with one attached hydrogen (secondary N) is 1. The van der Waals surface area contributed by atoms with Gasteiger partial charge in [0.1, 0.15) is 0 Å². The number of amides is 1. The molecule has 0 heterocycles. The van der Waals surface area contributed by atoms with Crippen LogP contribution in [0.15, 0.2) is 48.5 Å². The van der Waals surface area contributed by atoms with Crippen molar-refractivity contribution in [2.75, 3.05) is 5.32 Å². The summed E-state index contributed by atoms with van der Waals surface area (Å²) in [6, 6.07) is 13.9. The number of carboxylic acids is 1. The van der Waals surface area contributed by atoms with Crippen LogP contribution in [0.3, 0.4) is 0 Å². The number of carbonyl (C=O) groups is 2. The number of hydrogen-bond acceptors (Lipinski definition) is 2. The van der Waals surface area contributed by atoms with E-state index in [1.165, 1.54) is 0 Å². The molecule has 5 heteroatoms. The fourth-order valence-electron chi connectivity index (χ4n) is 1.99. The van der Waals surface area contributed by atoms with E-state index in [1.54, 1.807) is 42.5 Å². The van der Waals surface area contributed by atoms with Crippen LogP contribution in [0.2, 0.25) is 5.02 Å². The quantitative estimate of drug-likeness (QED) is 0.891. The van der Waals surface area contributed by atoms with Crippen molar-refractivity contribution in [2.45, 2.75) is 12.8 Å². The van der Waals surface area contributed by atoms with E-state index in [-0.39, 0.29) is 18.7 Å². The van der Waals surface area contributed by atoms with Gasteiger partial charge in [0.15, 0.2) is 0 Å². The third-order valence-electron chi connectivity index (χ3n) is 2.89. The fraction of sp³-hybridized carbons (Fsp3) is 0.125. The summed E-state index contributed by atoms with van der Waals surface area (Å²) in [5.41, 5.74) is 1.90. The molecule has 0 atom stereocenters. The molecule has 2 N–H and O–H groups in total. The normalized spacial score (nSPS) is 10.1. The largest absolute Gasteiger partial charge is 0.481 e. The van der Waals surface area contributed by atoms with Crippen molar-refractivity contribution in [3.63, 3.8) is 0 Å². The van der Waals surface area contributed by atoms with Gasteiger partial charge in [0.05, 0.1) is 12.8 Å². The Kier molecular flexibility index (Phi) is 4.95. The second-order valence-electron chi connectivity index (χ2n) is 4.58. The number of halogens is 1. The Hall–Kier alpha value is -2.33. The lowest BCUT2D eigenvalue weighted by atomic mass is 10.1. The Morgan fingerprint density at radius 3 is 2.52 bits per heavy atom. The molecule has 0 saturated heterocycles. The Labute approximate surface area is 127 Å². The number of hydrogen-bond donors (Lipinski definition) is 2. The van der Waals surface area contributed by atoms with E-state index in [0.717, 1.165) is 5.56 Å². The molecule has 21 heavy (non-hydrogen) atoms. The van der Waals surface area contributed by atoms with E-state index in [0.29, 0.717) is 16.3 Å². The second kappa shape index (κ2) is 6.90. The smallest absolute Gasteiger partial charge is 0.307 e. The van der Waals surface area contributed by atoms with Crippen molar-refractivity contribution in [1.29, 1.82) is 0 Å². The molecule has 0 saturated carbocycles. The highest BCUT2D eigenvalue weighted by Crippen LogP contribution is 2.17. The lowest BCUT2D eigenvalue weighted by molar-refractivity contribution is -0.136. The summed E-state index contributed by atoms with van der Waals surface area (Å²) in [6.45, 7) is 0. The monoisotopic (exact) mass is 303 g/mol. The van der Waals surface area contributed by atoms with Gasteiger partial charge in [0.2, 0.25) is 5.91 Å². The van der Waals surface area contributed by atoms with Crippen LogP contribution < -0.4 is 5.32 Å². The lowest BCUT2D eigenvalue weighted by Crippen LogP contribution is -2.16. The van der Waals surface area contributed by atoms with Crippen molar-refractivity contribution >= 4 is 29.2 Å². The average molecular weight is 304 g/mol. The number of para-hydroxylation sites is 1. The molecule has 0 fully saturated rings. The molecule has 0 spiro atoms. The Balaban J connectivity index is 2.07. The van der Waals surface area contributed by atoms with Crippen molar-refractivity contribution in [1.82, 2.24) is 0 Å². The summed E-state index contributed by atoms with van der Waals surface area (Å²) >= 11 is 5.87. The number of carboxylic acid groups (broad SMARTS) is 1. The average Bonchev–Trinajstić information content (AvgIpc) is 2.40. The van der Waals surface area contributed by atoms with Crippen LogP contribution in [0, 0.1) is 0 Å². The SMILES string of the molecule is O=C(O)Cc1ccccc1NC(=O)Cc1cccc(Cl)c1. The van der Waals surface area contributed by atoms with Gasteiger partial charge in [-0.2, -0.15) is 0 Å². The van der Waals surface area contributed by atoms with E-state index < -0.39 is 5.97 Å². The molecule has 2 aromatic carbocycles. The first kappa shape index (κ1) is 15.1. The second-order valence-corrected chi connectivity index (χ2v) is 5.02. The predicted octanol–water partition coefficient (Wildman–Crippen LogP) is 3.15. The number of benzene rings is 2. The van der Waals surface area contributed by atoms with Gasteiger partial charge in [0, 0.05) is 10.7 Å². The molecule has 108 valence electrons. The zero-order chi connectivity index (χ0) is 15.2. The van der Waals surface area contributed by atoms with Gasteiger partial charge < -0.3 is 10.4 Å². The van der Waals surface area contributed by atoms with Gasteiger partial charge in [-0.3, -0.25) is 9.59 Å². The lowest BCUT2D eigenvalue weighted by Gasteiger charge is -2.10. The van der Waals surface area contributed by atoms with Gasteiger partial charge in [0.25, 0.3) is 0 Å². The van der Waals surface area contributed by atoms with E-state index in [4.69, 9.17) is 16.7 Å². The molecule has 2 rings (SSSR count). The van der Waals surface area contributed by atoms with Crippen molar-refractivity contribution < 1.29 is 14.7 Å². The van der Waals surface area contributed by atoms with Gasteiger partial charge in [-0.1, -0.05) is 41.9 Å². The number of anilines is 1. The van der Waals surface area contributed by atoms with Crippen LogP contribution in [0.5, 0.6) is 0 Å². The summed E-state index contributed by atoms with van der Waals surface area (Å²) in [5, 5.41) is 12.2. The van der Waals surface area contributed by atoms with E-state index in [9.17, 15) is 9.59 Å². The van der Waals surface area contributed by atoms with Crippen LogP contribution in [-0.2, 0) is 22.4 Å². The minimum Gasteiger partial charge on any atom is -0.481 e. The molecule has 0 aromatic heterocycles. The first-order valence-electron chi connectivity index (χ1n) is 6.38. The topological polar surface area (TPSA) is 66.4 Å². The molecule has 2 aromatic rings. The first-order chi connectivity index (χ1) is 10.0. The summed E-state index contributed by atoms with van der Waals surface area (Å²) in [7, 11) is 0. The van der Waals surface area contributed by atoms with Crippen molar-refractivity contribution in [3.8, 4) is 0 Å². The van der Waals surface area contributed by atoms with E-state index >= 15 is 0 Å². The summed E-state index contributed by atoms with van der Waals surface area (Å²) in [4.78, 5) is 22.8. The molecular formula is C16H14ClNO3. The summed E-state index contributed by atoms with van der Waals surface area (Å²) < 4.78 is 0. The van der Waals surface area contributed by atoms with Crippen LogP contribution in [0.4, 0.5) is 5.69 Å². The van der Waals surface area contributed by atoms with Gasteiger partial charge in [-0.05, 0) is 29.3 Å². The zero-order valence-electron chi connectivity index (χ0n) is 11.2. The van der Waals surface area contributed by atoms with E-state index in [1.807, 2.05) is 6.07 Å².